The first-order valence-electron chi connectivity index (χ1n) is 8.04. The number of ether oxygens (including phenoxy) is 1. The Kier molecular flexibility index (Phi) is 4.99. The van der Waals surface area contributed by atoms with Gasteiger partial charge in [-0.3, -0.25) is 9.59 Å². The molecule has 0 unspecified atom stereocenters. The van der Waals surface area contributed by atoms with Crippen LogP contribution in [0.5, 0.6) is 5.75 Å². The Morgan fingerprint density at radius 3 is 2.84 bits per heavy atom. The summed E-state index contributed by atoms with van der Waals surface area (Å²) in [5.41, 5.74) is 3.53. The highest BCUT2D eigenvalue weighted by molar-refractivity contribution is 8.00. The van der Waals surface area contributed by atoms with Crippen LogP contribution in [0.25, 0.3) is 0 Å². The van der Waals surface area contributed by atoms with Crippen LogP contribution in [0.2, 0.25) is 0 Å². The molecule has 0 spiro atoms. The van der Waals surface area contributed by atoms with E-state index in [1.165, 1.54) is 17.3 Å². The maximum atomic E-state index is 12.2. The molecule has 2 aromatic carbocycles. The minimum absolute atomic E-state index is 0.0951. The summed E-state index contributed by atoms with van der Waals surface area (Å²) in [5.74, 6) is 0.639. The molecule has 0 aromatic heterocycles. The second kappa shape index (κ2) is 7.19. The van der Waals surface area contributed by atoms with Gasteiger partial charge in [0.15, 0.2) is 6.10 Å². The monoisotopic (exact) mass is 356 g/mol. The summed E-state index contributed by atoms with van der Waals surface area (Å²) in [7, 11) is 0. The zero-order valence-electron chi connectivity index (χ0n) is 14.4. The van der Waals surface area contributed by atoms with Crippen molar-refractivity contribution in [2.75, 3.05) is 16.4 Å². The van der Waals surface area contributed by atoms with Gasteiger partial charge in [-0.05, 0) is 50.6 Å². The van der Waals surface area contributed by atoms with Gasteiger partial charge in [-0.25, -0.2) is 0 Å². The van der Waals surface area contributed by atoms with E-state index >= 15 is 0 Å². The van der Waals surface area contributed by atoms with Crippen molar-refractivity contribution in [1.82, 2.24) is 0 Å². The van der Waals surface area contributed by atoms with Crippen LogP contribution in [0.4, 0.5) is 11.4 Å². The van der Waals surface area contributed by atoms with Crippen LogP contribution in [-0.4, -0.2) is 23.7 Å². The number of benzene rings is 2. The van der Waals surface area contributed by atoms with Gasteiger partial charge < -0.3 is 15.4 Å². The van der Waals surface area contributed by atoms with E-state index in [0.29, 0.717) is 22.9 Å². The predicted octanol–water partition coefficient (Wildman–Crippen LogP) is 3.75. The summed E-state index contributed by atoms with van der Waals surface area (Å²) >= 11 is 1.51. The second-order valence-corrected chi connectivity index (χ2v) is 7.08. The average Bonchev–Trinajstić information content (AvgIpc) is 2.57. The number of anilines is 2. The first-order valence-corrected chi connectivity index (χ1v) is 9.02. The van der Waals surface area contributed by atoms with Crippen LogP contribution in [0, 0.1) is 13.8 Å². The van der Waals surface area contributed by atoms with Crippen molar-refractivity contribution >= 4 is 35.0 Å². The van der Waals surface area contributed by atoms with E-state index in [2.05, 4.69) is 28.8 Å². The molecule has 0 fully saturated rings. The Labute approximate surface area is 151 Å². The third-order valence-corrected chi connectivity index (χ3v) is 5.05. The lowest BCUT2D eigenvalue weighted by molar-refractivity contribution is -0.122. The Morgan fingerprint density at radius 2 is 2.04 bits per heavy atom. The Hall–Kier alpha value is -2.47. The number of rotatable bonds is 4. The van der Waals surface area contributed by atoms with E-state index in [4.69, 9.17) is 4.74 Å². The highest BCUT2D eigenvalue weighted by Gasteiger charge is 2.23. The number of thioether (sulfide) groups is 1. The fourth-order valence-corrected chi connectivity index (χ4v) is 3.41. The Bertz CT molecular complexity index is 835. The van der Waals surface area contributed by atoms with Gasteiger partial charge in [-0.2, -0.15) is 0 Å². The Morgan fingerprint density at radius 1 is 1.24 bits per heavy atom. The molecule has 1 heterocycles. The molecule has 0 radical (unpaired) electrons. The van der Waals surface area contributed by atoms with Gasteiger partial charge in [-0.15, -0.1) is 11.8 Å². The van der Waals surface area contributed by atoms with E-state index < -0.39 is 6.10 Å². The normalized spacial score (nSPS) is 15.8. The number of aryl methyl sites for hydroxylation is 2. The molecule has 25 heavy (non-hydrogen) atoms. The van der Waals surface area contributed by atoms with Crippen molar-refractivity contribution in [1.29, 1.82) is 0 Å². The topological polar surface area (TPSA) is 67.4 Å². The first kappa shape index (κ1) is 17.4. The van der Waals surface area contributed by atoms with Gasteiger partial charge in [0.1, 0.15) is 5.75 Å². The average molecular weight is 356 g/mol. The maximum Gasteiger partial charge on any atom is 0.265 e. The number of hydrogen-bond acceptors (Lipinski definition) is 4. The molecule has 1 atom stereocenters. The third kappa shape index (κ3) is 4.14. The van der Waals surface area contributed by atoms with E-state index in [0.717, 1.165) is 10.5 Å². The SMILES string of the molecule is Cc1ccc(C)c(SCC(=O)Nc2ccc3c(c2)NC(=O)[C@H](C)O3)c1. The summed E-state index contributed by atoms with van der Waals surface area (Å²) in [6.45, 7) is 5.76. The Balaban J connectivity index is 1.63. The molecule has 6 heteroatoms. The molecule has 0 aliphatic carbocycles. The first-order chi connectivity index (χ1) is 11.9. The van der Waals surface area contributed by atoms with Gasteiger partial charge in [-0.1, -0.05) is 17.7 Å². The molecule has 0 bridgehead atoms. The number of carbonyl (C=O) groups excluding carboxylic acids is 2. The lowest BCUT2D eigenvalue weighted by atomic mass is 10.2. The lowest BCUT2D eigenvalue weighted by Gasteiger charge is -2.23. The summed E-state index contributed by atoms with van der Waals surface area (Å²) < 4.78 is 5.50. The summed E-state index contributed by atoms with van der Waals surface area (Å²) in [6.07, 6.45) is -0.512. The highest BCUT2D eigenvalue weighted by Crippen LogP contribution is 2.32. The molecule has 1 aliphatic heterocycles. The summed E-state index contributed by atoms with van der Waals surface area (Å²) in [6, 6.07) is 11.4. The van der Waals surface area contributed by atoms with Gasteiger partial charge in [0.2, 0.25) is 5.91 Å². The highest BCUT2D eigenvalue weighted by atomic mass is 32.2. The van der Waals surface area contributed by atoms with Crippen LogP contribution in [0.1, 0.15) is 18.1 Å². The van der Waals surface area contributed by atoms with E-state index in [-0.39, 0.29) is 11.8 Å². The zero-order valence-corrected chi connectivity index (χ0v) is 15.2. The molecular formula is C19H20N2O3S. The molecule has 3 rings (SSSR count). The van der Waals surface area contributed by atoms with E-state index in [9.17, 15) is 9.59 Å². The van der Waals surface area contributed by atoms with Gasteiger partial charge in [0.05, 0.1) is 11.4 Å². The van der Waals surface area contributed by atoms with Crippen molar-refractivity contribution in [3.05, 3.63) is 47.5 Å². The molecule has 5 nitrogen and oxygen atoms in total. The van der Waals surface area contributed by atoms with Gasteiger partial charge >= 0.3 is 0 Å². The number of nitrogens with one attached hydrogen (secondary N) is 2. The minimum atomic E-state index is -0.512. The quantitative estimate of drug-likeness (QED) is 0.819. The molecule has 130 valence electrons. The van der Waals surface area contributed by atoms with Crippen molar-refractivity contribution in [3.63, 3.8) is 0 Å². The largest absolute Gasteiger partial charge is 0.479 e. The number of fused-ring (bicyclic) bond motifs is 1. The zero-order chi connectivity index (χ0) is 18.0. The molecule has 2 aromatic rings. The maximum absolute atomic E-state index is 12.2. The van der Waals surface area contributed by atoms with Crippen molar-refractivity contribution < 1.29 is 14.3 Å². The second-order valence-electron chi connectivity index (χ2n) is 6.07. The molecular weight excluding hydrogens is 336 g/mol. The lowest BCUT2D eigenvalue weighted by Crippen LogP contribution is -2.34. The van der Waals surface area contributed by atoms with Crippen molar-refractivity contribution in [2.24, 2.45) is 0 Å². The number of carbonyl (C=O) groups is 2. The molecule has 1 aliphatic rings. The smallest absolute Gasteiger partial charge is 0.265 e. The predicted molar refractivity (Wildman–Crippen MR) is 100 cm³/mol. The fraction of sp³-hybridized carbons (Fsp3) is 0.263. The van der Waals surface area contributed by atoms with Crippen LogP contribution in [0.3, 0.4) is 0 Å². The van der Waals surface area contributed by atoms with Crippen molar-refractivity contribution in [2.45, 2.75) is 31.8 Å². The van der Waals surface area contributed by atoms with Crippen LogP contribution in [0.15, 0.2) is 41.3 Å². The standard InChI is InChI=1S/C19H20N2O3S/c1-11-4-5-12(2)17(8-11)25-10-18(22)20-14-6-7-16-15(9-14)21-19(23)13(3)24-16/h4-9,13H,10H2,1-3H3,(H,20,22)(H,21,23)/t13-/m0/s1. The van der Waals surface area contributed by atoms with E-state index in [1.54, 1.807) is 25.1 Å². The summed E-state index contributed by atoms with van der Waals surface area (Å²) in [5, 5.41) is 5.63. The number of hydrogen-bond donors (Lipinski definition) is 2. The molecule has 2 amide bonds. The summed E-state index contributed by atoms with van der Waals surface area (Å²) in [4.78, 5) is 25.0. The molecule has 0 saturated heterocycles. The third-order valence-electron chi connectivity index (χ3n) is 3.90. The van der Waals surface area contributed by atoms with Crippen molar-refractivity contribution in [3.8, 4) is 5.75 Å². The van der Waals surface area contributed by atoms with E-state index in [1.807, 2.05) is 13.8 Å². The fourth-order valence-electron chi connectivity index (χ4n) is 2.49. The molecule has 0 saturated carbocycles. The minimum Gasteiger partial charge on any atom is -0.479 e. The van der Waals surface area contributed by atoms with Gasteiger partial charge in [0.25, 0.3) is 5.91 Å². The molecule has 2 N–H and O–H groups in total. The van der Waals surface area contributed by atoms with Crippen LogP contribution < -0.4 is 15.4 Å². The van der Waals surface area contributed by atoms with Crippen LogP contribution in [-0.2, 0) is 9.59 Å². The van der Waals surface area contributed by atoms with Crippen LogP contribution >= 0.6 is 11.8 Å². The number of amides is 2. The van der Waals surface area contributed by atoms with Gasteiger partial charge in [0, 0.05) is 10.6 Å².